The van der Waals surface area contributed by atoms with Crippen molar-refractivity contribution in [3.63, 3.8) is 0 Å². The van der Waals surface area contributed by atoms with Gasteiger partial charge in [0.25, 0.3) is 0 Å². The van der Waals surface area contributed by atoms with E-state index in [0.29, 0.717) is 28.1 Å². The number of fused-ring (bicyclic) bond motifs is 7. The van der Waals surface area contributed by atoms with E-state index < -0.39 is 5.63 Å². The molecule has 0 bridgehead atoms. The Morgan fingerprint density at radius 1 is 0.971 bits per heavy atom. The summed E-state index contributed by atoms with van der Waals surface area (Å²) in [5, 5.41) is 14.1. The Bertz CT molecular complexity index is 1650. The summed E-state index contributed by atoms with van der Waals surface area (Å²) in [6.45, 7) is 5.27. The maximum Gasteiger partial charge on any atom is 0.344 e. The summed E-state index contributed by atoms with van der Waals surface area (Å²) >= 11 is 0. The number of hydrogen-bond acceptors (Lipinski definition) is 5. The van der Waals surface area contributed by atoms with Gasteiger partial charge in [-0.1, -0.05) is 54.6 Å². The Hall–Kier alpha value is -3.83. The molecule has 2 atom stereocenters. The lowest BCUT2D eigenvalue weighted by Gasteiger charge is -2.40. The summed E-state index contributed by atoms with van der Waals surface area (Å²) in [6, 6.07) is 22.1. The summed E-state index contributed by atoms with van der Waals surface area (Å²) in [7, 11) is 1.54. The van der Waals surface area contributed by atoms with Crippen LogP contribution in [-0.4, -0.2) is 23.2 Å². The first-order valence-electron chi connectivity index (χ1n) is 12.0. The third-order valence-electron chi connectivity index (χ3n) is 7.50. The molecule has 6 rings (SSSR count). The topological polar surface area (TPSA) is 62.9 Å². The van der Waals surface area contributed by atoms with E-state index in [-0.39, 0.29) is 11.8 Å². The molecule has 0 spiro atoms. The Balaban J connectivity index is 1.64. The van der Waals surface area contributed by atoms with Crippen LogP contribution in [0.25, 0.3) is 32.5 Å². The summed E-state index contributed by atoms with van der Waals surface area (Å²) in [5.41, 5.74) is 3.78. The summed E-state index contributed by atoms with van der Waals surface area (Å²) < 4.78 is 11.6. The molecule has 1 aromatic heterocycles. The number of aromatic hydroxyl groups is 1. The van der Waals surface area contributed by atoms with Gasteiger partial charge in [-0.2, -0.15) is 0 Å². The van der Waals surface area contributed by atoms with E-state index in [4.69, 9.17) is 9.15 Å². The largest absolute Gasteiger partial charge is 0.507 e. The van der Waals surface area contributed by atoms with E-state index in [2.05, 4.69) is 55.1 Å². The third-order valence-corrected chi connectivity index (χ3v) is 7.50. The van der Waals surface area contributed by atoms with Crippen LogP contribution in [0, 0.1) is 0 Å². The molecule has 1 N–H and O–H groups in total. The van der Waals surface area contributed by atoms with Crippen molar-refractivity contribution in [3.05, 3.63) is 93.8 Å². The maximum absolute atomic E-state index is 13.3. The average molecular weight is 466 g/mol. The Morgan fingerprint density at radius 2 is 1.77 bits per heavy atom. The molecular formula is C30H27NO4. The Kier molecular flexibility index (Phi) is 5.04. The maximum atomic E-state index is 13.3. The first-order chi connectivity index (χ1) is 17.0. The molecule has 0 saturated carbocycles. The summed E-state index contributed by atoms with van der Waals surface area (Å²) in [5.74, 6) is 0.572. The van der Waals surface area contributed by atoms with Crippen LogP contribution in [0.2, 0.25) is 0 Å². The molecule has 5 nitrogen and oxygen atoms in total. The van der Waals surface area contributed by atoms with Gasteiger partial charge in [-0.15, -0.1) is 0 Å². The number of methoxy groups -OCH3 is 1. The van der Waals surface area contributed by atoms with Gasteiger partial charge in [0.2, 0.25) is 0 Å². The van der Waals surface area contributed by atoms with Crippen LogP contribution in [0.4, 0.5) is 0 Å². The smallest absolute Gasteiger partial charge is 0.344 e. The molecule has 2 heterocycles. The van der Waals surface area contributed by atoms with Gasteiger partial charge < -0.3 is 14.3 Å². The summed E-state index contributed by atoms with van der Waals surface area (Å²) in [6.07, 6.45) is 0.883. The van der Waals surface area contributed by atoms with Gasteiger partial charge in [0.1, 0.15) is 17.1 Å². The second kappa shape index (κ2) is 8.14. The summed E-state index contributed by atoms with van der Waals surface area (Å²) in [4.78, 5) is 15.8. The molecule has 4 aromatic carbocycles. The van der Waals surface area contributed by atoms with E-state index in [1.165, 1.54) is 18.2 Å². The third kappa shape index (κ3) is 3.30. The van der Waals surface area contributed by atoms with Crippen molar-refractivity contribution in [3.8, 4) is 11.5 Å². The highest BCUT2D eigenvalue weighted by Gasteiger charge is 2.32. The molecule has 0 radical (unpaired) electrons. The highest BCUT2D eigenvalue weighted by Crippen LogP contribution is 2.43. The molecule has 35 heavy (non-hydrogen) atoms. The van der Waals surface area contributed by atoms with Gasteiger partial charge in [0.05, 0.1) is 17.9 Å². The van der Waals surface area contributed by atoms with Crippen LogP contribution in [0.3, 0.4) is 0 Å². The van der Waals surface area contributed by atoms with E-state index in [0.717, 1.165) is 34.7 Å². The van der Waals surface area contributed by atoms with Crippen molar-refractivity contribution in [1.82, 2.24) is 4.90 Å². The molecule has 176 valence electrons. The molecule has 5 heteroatoms. The predicted octanol–water partition coefficient (Wildman–Crippen LogP) is 6.32. The number of hydrogen-bond donors (Lipinski definition) is 1. The normalized spacial score (nSPS) is 18.3. The zero-order valence-electron chi connectivity index (χ0n) is 20.0. The first-order valence-corrected chi connectivity index (χ1v) is 12.0. The van der Waals surface area contributed by atoms with Gasteiger partial charge in [0, 0.05) is 35.0 Å². The van der Waals surface area contributed by atoms with Crippen LogP contribution in [-0.2, 0) is 13.0 Å². The van der Waals surface area contributed by atoms with Crippen molar-refractivity contribution >= 4 is 32.5 Å². The number of phenolic OH excluding ortho intramolecular Hbond substituents is 1. The Labute approximate surface area is 203 Å². The predicted molar refractivity (Wildman–Crippen MR) is 139 cm³/mol. The molecule has 0 aliphatic carbocycles. The molecule has 0 fully saturated rings. The van der Waals surface area contributed by atoms with Crippen LogP contribution in [0.15, 0.2) is 75.9 Å². The zero-order chi connectivity index (χ0) is 24.3. The van der Waals surface area contributed by atoms with Crippen molar-refractivity contribution in [2.45, 2.75) is 38.9 Å². The standard InChI is InChI=1S/C30H27NO4/c1-17-14-20-12-13-22-27-21-10-7-11-24(32)28(21)25(34-3)15-23(27)30(33)35-29(22)26(20)18(2)31(17)16-19-8-5-4-6-9-19/h4-13,15,17-18,32H,14,16H2,1-3H3/t17-,18-/m1/s1. The quantitative estimate of drug-likeness (QED) is 0.249. The molecule has 1 aliphatic heterocycles. The van der Waals surface area contributed by atoms with E-state index >= 15 is 0 Å². The van der Waals surface area contributed by atoms with Crippen LogP contribution in [0.1, 0.15) is 36.6 Å². The fourth-order valence-corrected chi connectivity index (χ4v) is 5.84. The molecule has 0 amide bonds. The van der Waals surface area contributed by atoms with Gasteiger partial charge in [-0.25, -0.2) is 4.79 Å². The lowest BCUT2D eigenvalue weighted by molar-refractivity contribution is 0.129. The highest BCUT2D eigenvalue weighted by molar-refractivity contribution is 6.21. The number of rotatable bonds is 3. The molecule has 0 saturated heterocycles. The van der Waals surface area contributed by atoms with E-state index in [1.807, 2.05) is 12.1 Å². The van der Waals surface area contributed by atoms with Crippen molar-refractivity contribution in [2.75, 3.05) is 7.11 Å². The number of phenols is 1. The minimum absolute atomic E-state index is 0.0659. The van der Waals surface area contributed by atoms with Gasteiger partial charge in [0.15, 0.2) is 0 Å². The average Bonchev–Trinajstić information content (AvgIpc) is 2.86. The Morgan fingerprint density at radius 3 is 2.54 bits per heavy atom. The minimum Gasteiger partial charge on any atom is -0.507 e. The van der Waals surface area contributed by atoms with Crippen molar-refractivity contribution in [1.29, 1.82) is 0 Å². The number of nitrogens with zero attached hydrogens (tertiary/aromatic N) is 1. The lowest BCUT2D eigenvalue weighted by Crippen LogP contribution is -2.40. The molecular weight excluding hydrogens is 438 g/mol. The first kappa shape index (κ1) is 21.7. The SMILES string of the molecule is COc1cc2c(=O)oc3c4c(ccc3c2c2cccc(O)c12)C[C@@H](C)N(Cc1ccccc1)[C@@H]4C. The monoisotopic (exact) mass is 465 g/mol. The van der Waals surface area contributed by atoms with Gasteiger partial charge in [-0.3, -0.25) is 4.90 Å². The fourth-order valence-electron chi connectivity index (χ4n) is 5.84. The minimum atomic E-state index is -0.398. The van der Waals surface area contributed by atoms with Gasteiger partial charge >= 0.3 is 5.63 Å². The van der Waals surface area contributed by atoms with Crippen LogP contribution in [0.5, 0.6) is 11.5 Å². The van der Waals surface area contributed by atoms with Crippen LogP contribution < -0.4 is 10.4 Å². The van der Waals surface area contributed by atoms with Gasteiger partial charge in [-0.05, 0) is 48.9 Å². The van der Waals surface area contributed by atoms with Crippen molar-refractivity contribution in [2.24, 2.45) is 0 Å². The molecule has 5 aromatic rings. The highest BCUT2D eigenvalue weighted by atomic mass is 16.5. The number of benzene rings is 4. The fraction of sp³-hybridized carbons (Fsp3) is 0.233. The van der Waals surface area contributed by atoms with Crippen LogP contribution >= 0.6 is 0 Å². The number of ether oxygens (including phenoxy) is 1. The molecule has 0 unspecified atom stereocenters. The van der Waals surface area contributed by atoms with E-state index in [1.54, 1.807) is 18.2 Å². The second-order valence-electron chi connectivity index (χ2n) is 9.49. The molecule has 1 aliphatic rings. The van der Waals surface area contributed by atoms with Crippen molar-refractivity contribution < 1.29 is 14.3 Å². The zero-order valence-corrected chi connectivity index (χ0v) is 20.0. The lowest BCUT2D eigenvalue weighted by atomic mass is 9.86. The van der Waals surface area contributed by atoms with E-state index in [9.17, 15) is 9.90 Å². The second-order valence-corrected chi connectivity index (χ2v) is 9.49.